The standard InChI is InChI=1S/C14H32N4/c1-12(15)8-17-10-14(6-4-3-5-7-14)11-18-9-13(2)16/h12-13,17-18H,3-11,15-16H2,1-2H3. The van der Waals surface area contributed by atoms with Gasteiger partial charge in [-0.1, -0.05) is 19.3 Å². The number of nitrogens with one attached hydrogen (secondary N) is 2. The summed E-state index contributed by atoms with van der Waals surface area (Å²) in [6.45, 7) is 8.09. The first-order valence-corrected chi connectivity index (χ1v) is 7.47. The fourth-order valence-corrected chi connectivity index (χ4v) is 2.85. The SMILES string of the molecule is CC(N)CNCC1(CNCC(C)N)CCCCC1. The van der Waals surface area contributed by atoms with Crippen molar-refractivity contribution in [2.24, 2.45) is 16.9 Å². The number of nitrogens with two attached hydrogens (primary N) is 2. The van der Waals surface area contributed by atoms with E-state index in [1.165, 1.54) is 32.1 Å². The summed E-state index contributed by atoms with van der Waals surface area (Å²) in [6, 6.07) is 0.477. The molecule has 0 saturated heterocycles. The molecule has 0 spiro atoms. The summed E-state index contributed by atoms with van der Waals surface area (Å²) in [5.74, 6) is 0. The second-order valence-corrected chi connectivity index (χ2v) is 6.28. The van der Waals surface area contributed by atoms with Crippen LogP contribution in [0.3, 0.4) is 0 Å². The van der Waals surface area contributed by atoms with Crippen LogP contribution in [0.4, 0.5) is 0 Å². The van der Waals surface area contributed by atoms with Crippen molar-refractivity contribution in [3.63, 3.8) is 0 Å². The van der Waals surface area contributed by atoms with Gasteiger partial charge in [0.2, 0.25) is 0 Å². The van der Waals surface area contributed by atoms with Crippen LogP contribution < -0.4 is 22.1 Å². The van der Waals surface area contributed by atoms with Gasteiger partial charge in [-0.05, 0) is 32.1 Å². The molecule has 2 unspecified atom stereocenters. The molecule has 6 N–H and O–H groups in total. The molecular formula is C14H32N4. The van der Waals surface area contributed by atoms with Crippen molar-refractivity contribution < 1.29 is 0 Å². The lowest BCUT2D eigenvalue weighted by atomic mass is 9.74. The Labute approximate surface area is 112 Å². The summed E-state index contributed by atoms with van der Waals surface area (Å²) in [7, 11) is 0. The van der Waals surface area contributed by atoms with Gasteiger partial charge in [-0.15, -0.1) is 0 Å². The second kappa shape index (κ2) is 8.10. The van der Waals surface area contributed by atoms with E-state index in [-0.39, 0.29) is 12.1 Å². The Morgan fingerprint density at radius 1 is 0.889 bits per heavy atom. The quantitative estimate of drug-likeness (QED) is 0.518. The van der Waals surface area contributed by atoms with Crippen LogP contribution in [-0.4, -0.2) is 38.3 Å². The fourth-order valence-electron chi connectivity index (χ4n) is 2.85. The van der Waals surface area contributed by atoms with E-state index in [0.29, 0.717) is 5.41 Å². The average molecular weight is 256 g/mol. The van der Waals surface area contributed by atoms with Crippen LogP contribution in [0.15, 0.2) is 0 Å². The van der Waals surface area contributed by atoms with Gasteiger partial charge in [-0.3, -0.25) is 0 Å². The van der Waals surface area contributed by atoms with Crippen LogP contribution in [0.2, 0.25) is 0 Å². The maximum absolute atomic E-state index is 5.80. The first-order chi connectivity index (χ1) is 8.54. The predicted octanol–water partition coefficient (Wildman–Crippen LogP) is 0.811. The van der Waals surface area contributed by atoms with Gasteiger partial charge in [0.1, 0.15) is 0 Å². The fraction of sp³-hybridized carbons (Fsp3) is 1.00. The number of hydrogen-bond acceptors (Lipinski definition) is 4. The van der Waals surface area contributed by atoms with Gasteiger partial charge in [-0.25, -0.2) is 0 Å². The normalized spacial score (nSPS) is 22.7. The van der Waals surface area contributed by atoms with Crippen LogP contribution in [0, 0.1) is 5.41 Å². The monoisotopic (exact) mass is 256 g/mol. The van der Waals surface area contributed by atoms with Crippen molar-refractivity contribution in [2.45, 2.75) is 58.0 Å². The minimum absolute atomic E-state index is 0.239. The third-order valence-electron chi connectivity index (χ3n) is 3.85. The molecule has 0 bridgehead atoms. The Hall–Kier alpha value is -0.160. The van der Waals surface area contributed by atoms with Crippen molar-refractivity contribution >= 4 is 0 Å². The topological polar surface area (TPSA) is 76.1 Å². The highest BCUT2D eigenvalue weighted by atomic mass is 15.0. The highest BCUT2D eigenvalue weighted by Gasteiger charge is 2.31. The molecule has 4 nitrogen and oxygen atoms in total. The van der Waals surface area contributed by atoms with Crippen LogP contribution >= 0.6 is 0 Å². The second-order valence-electron chi connectivity index (χ2n) is 6.28. The Morgan fingerprint density at radius 3 is 1.72 bits per heavy atom. The predicted molar refractivity (Wildman–Crippen MR) is 78.6 cm³/mol. The maximum atomic E-state index is 5.80. The Kier molecular flexibility index (Phi) is 7.15. The van der Waals surface area contributed by atoms with Gasteiger partial charge >= 0.3 is 0 Å². The van der Waals surface area contributed by atoms with Crippen LogP contribution in [0.1, 0.15) is 46.0 Å². The summed E-state index contributed by atoms with van der Waals surface area (Å²) in [5, 5.41) is 7.07. The van der Waals surface area contributed by atoms with E-state index >= 15 is 0 Å². The van der Waals surface area contributed by atoms with Crippen molar-refractivity contribution in [1.82, 2.24) is 10.6 Å². The van der Waals surface area contributed by atoms with E-state index < -0.39 is 0 Å². The van der Waals surface area contributed by atoms with Gasteiger partial charge < -0.3 is 22.1 Å². The summed E-state index contributed by atoms with van der Waals surface area (Å²) >= 11 is 0. The first kappa shape index (κ1) is 15.9. The van der Waals surface area contributed by atoms with Crippen LogP contribution in [0.5, 0.6) is 0 Å². The number of rotatable bonds is 8. The lowest BCUT2D eigenvalue weighted by Gasteiger charge is -2.38. The van der Waals surface area contributed by atoms with Crippen molar-refractivity contribution in [2.75, 3.05) is 26.2 Å². The molecular weight excluding hydrogens is 224 g/mol. The molecule has 0 aromatic rings. The molecule has 0 aromatic heterocycles. The molecule has 0 amide bonds. The summed E-state index contributed by atoms with van der Waals surface area (Å²) < 4.78 is 0. The molecule has 0 heterocycles. The highest BCUT2D eigenvalue weighted by molar-refractivity contribution is 4.87. The van der Waals surface area contributed by atoms with E-state index in [0.717, 1.165) is 26.2 Å². The molecule has 0 radical (unpaired) electrons. The molecule has 18 heavy (non-hydrogen) atoms. The summed E-state index contributed by atoms with van der Waals surface area (Å²) in [5.41, 5.74) is 12.0. The van der Waals surface area contributed by atoms with Crippen molar-refractivity contribution in [1.29, 1.82) is 0 Å². The van der Waals surface area contributed by atoms with Crippen LogP contribution in [0.25, 0.3) is 0 Å². The molecule has 0 aromatic carbocycles. The molecule has 108 valence electrons. The third kappa shape index (κ3) is 6.14. The molecule has 2 atom stereocenters. The van der Waals surface area contributed by atoms with Gasteiger partial charge in [0.25, 0.3) is 0 Å². The molecule has 1 aliphatic carbocycles. The van der Waals surface area contributed by atoms with E-state index in [1.807, 2.05) is 0 Å². The lowest BCUT2D eigenvalue weighted by Crippen LogP contribution is -2.47. The molecule has 1 aliphatic rings. The van der Waals surface area contributed by atoms with E-state index in [2.05, 4.69) is 24.5 Å². The summed E-state index contributed by atoms with van der Waals surface area (Å²) in [4.78, 5) is 0. The van der Waals surface area contributed by atoms with E-state index in [1.54, 1.807) is 0 Å². The van der Waals surface area contributed by atoms with Crippen LogP contribution in [-0.2, 0) is 0 Å². The molecule has 1 fully saturated rings. The van der Waals surface area contributed by atoms with Gasteiger partial charge in [0.05, 0.1) is 0 Å². The zero-order chi connectivity index (χ0) is 13.4. The minimum atomic E-state index is 0.239. The van der Waals surface area contributed by atoms with Gasteiger partial charge in [0.15, 0.2) is 0 Å². The molecule has 0 aliphatic heterocycles. The minimum Gasteiger partial charge on any atom is -0.327 e. The third-order valence-corrected chi connectivity index (χ3v) is 3.85. The van der Waals surface area contributed by atoms with Gasteiger partial charge in [0, 0.05) is 38.3 Å². The zero-order valence-corrected chi connectivity index (χ0v) is 12.2. The highest BCUT2D eigenvalue weighted by Crippen LogP contribution is 2.35. The average Bonchev–Trinajstić information content (AvgIpc) is 2.29. The molecule has 1 rings (SSSR count). The molecule has 4 heteroatoms. The first-order valence-electron chi connectivity index (χ1n) is 7.47. The number of hydrogen-bond donors (Lipinski definition) is 4. The van der Waals surface area contributed by atoms with E-state index in [9.17, 15) is 0 Å². The zero-order valence-electron chi connectivity index (χ0n) is 12.2. The van der Waals surface area contributed by atoms with Gasteiger partial charge in [-0.2, -0.15) is 0 Å². The maximum Gasteiger partial charge on any atom is 0.0136 e. The Bertz CT molecular complexity index is 194. The lowest BCUT2D eigenvalue weighted by molar-refractivity contribution is 0.175. The van der Waals surface area contributed by atoms with Crippen molar-refractivity contribution in [3.8, 4) is 0 Å². The Balaban J connectivity index is 2.36. The largest absolute Gasteiger partial charge is 0.327 e. The Morgan fingerprint density at radius 2 is 1.33 bits per heavy atom. The van der Waals surface area contributed by atoms with E-state index in [4.69, 9.17) is 11.5 Å². The van der Waals surface area contributed by atoms with Crippen molar-refractivity contribution in [3.05, 3.63) is 0 Å². The molecule has 1 saturated carbocycles. The smallest absolute Gasteiger partial charge is 0.0136 e. The summed E-state index contributed by atoms with van der Waals surface area (Å²) in [6.07, 6.45) is 6.76.